The Morgan fingerprint density at radius 2 is 2.36 bits per heavy atom. The van der Waals surface area contributed by atoms with Crippen LogP contribution in [0.15, 0.2) is 0 Å². The van der Waals surface area contributed by atoms with E-state index < -0.39 is 0 Å². The second kappa shape index (κ2) is 4.34. The Morgan fingerprint density at radius 1 is 1.55 bits per heavy atom. The molecule has 3 N–H and O–H groups in total. The molecule has 0 heterocycles. The molecule has 2 unspecified atom stereocenters. The Hall–Kier alpha value is -0.570. The molecule has 1 amide bonds. The molecule has 1 rings (SSSR count). The molecular formula is C8H16N2O. The van der Waals surface area contributed by atoms with E-state index in [0.29, 0.717) is 12.0 Å². The van der Waals surface area contributed by atoms with Crippen LogP contribution >= 0.6 is 0 Å². The summed E-state index contributed by atoms with van der Waals surface area (Å²) in [5.74, 6) is 0.626. The number of carbonyl (C=O) groups is 1. The van der Waals surface area contributed by atoms with Crippen molar-refractivity contribution in [3.63, 3.8) is 0 Å². The van der Waals surface area contributed by atoms with Crippen LogP contribution in [-0.2, 0) is 4.79 Å². The topological polar surface area (TPSA) is 55.1 Å². The SMILES string of the molecule is NCC1CCCC(NC=O)C1. The van der Waals surface area contributed by atoms with Gasteiger partial charge in [-0.1, -0.05) is 6.42 Å². The van der Waals surface area contributed by atoms with Gasteiger partial charge in [-0.05, 0) is 31.7 Å². The molecule has 3 nitrogen and oxygen atoms in total. The molecule has 3 heteroatoms. The first-order valence-corrected chi connectivity index (χ1v) is 4.26. The van der Waals surface area contributed by atoms with Crippen molar-refractivity contribution in [1.82, 2.24) is 5.32 Å². The molecule has 64 valence electrons. The fraction of sp³-hybridized carbons (Fsp3) is 0.875. The number of hydrogen-bond donors (Lipinski definition) is 2. The third-order valence-electron chi connectivity index (χ3n) is 2.42. The summed E-state index contributed by atoms with van der Waals surface area (Å²) in [4.78, 5) is 10.1. The van der Waals surface area contributed by atoms with Gasteiger partial charge < -0.3 is 11.1 Å². The highest BCUT2D eigenvalue weighted by Crippen LogP contribution is 2.22. The first-order valence-electron chi connectivity index (χ1n) is 4.26. The fourth-order valence-electron chi connectivity index (χ4n) is 1.75. The zero-order chi connectivity index (χ0) is 8.10. The molecule has 0 bridgehead atoms. The lowest BCUT2D eigenvalue weighted by Crippen LogP contribution is -2.35. The summed E-state index contributed by atoms with van der Waals surface area (Å²) in [6, 6.07) is 0.384. The summed E-state index contributed by atoms with van der Waals surface area (Å²) >= 11 is 0. The van der Waals surface area contributed by atoms with Crippen molar-refractivity contribution < 1.29 is 4.79 Å². The first-order chi connectivity index (χ1) is 5.36. The van der Waals surface area contributed by atoms with E-state index in [4.69, 9.17) is 5.73 Å². The van der Waals surface area contributed by atoms with Crippen molar-refractivity contribution >= 4 is 6.41 Å². The van der Waals surface area contributed by atoms with E-state index in [2.05, 4.69) is 5.32 Å². The summed E-state index contributed by atoms with van der Waals surface area (Å²) < 4.78 is 0. The van der Waals surface area contributed by atoms with Gasteiger partial charge in [-0.3, -0.25) is 4.79 Å². The largest absolute Gasteiger partial charge is 0.356 e. The molecule has 0 aliphatic heterocycles. The standard InChI is InChI=1S/C8H16N2O/c9-5-7-2-1-3-8(4-7)10-6-11/h6-8H,1-5,9H2,(H,10,11). The summed E-state index contributed by atoms with van der Waals surface area (Å²) in [7, 11) is 0. The van der Waals surface area contributed by atoms with E-state index in [9.17, 15) is 4.79 Å². The van der Waals surface area contributed by atoms with Gasteiger partial charge in [-0.25, -0.2) is 0 Å². The molecule has 1 aliphatic carbocycles. The van der Waals surface area contributed by atoms with Crippen LogP contribution in [0.1, 0.15) is 25.7 Å². The maximum Gasteiger partial charge on any atom is 0.207 e. The first kappa shape index (κ1) is 8.53. The lowest BCUT2D eigenvalue weighted by Gasteiger charge is -2.27. The fourth-order valence-corrected chi connectivity index (χ4v) is 1.75. The van der Waals surface area contributed by atoms with Crippen molar-refractivity contribution in [3.05, 3.63) is 0 Å². The Balaban J connectivity index is 2.27. The van der Waals surface area contributed by atoms with Crippen molar-refractivity contribution in [3.8, 4) is 0 Å². The highest BCUT2D eigenvalue weighted by molar-refractivity contribution is 5.46. The van der Waals surface area contributed by atoms with Crippen LogP contribution < -0.4 is 11.1 Å². The van der Waals surface area contributed by atoms with E-state index in [-0.39, 0.29) is 0 Å². The quantitative estimate of drug-likeness (QED) is 0.575. The maximum atomic E-state index is 10.1. The summed E-state index contributed by atoms with van der Waals surface area (Å²) in [5, 5.41) is 2.81. The molecule has 11 heavy (non-hydrogen) atoms. The van der Waals surface area contributed by atoms with Crippen LogP contribution in [0.25, 0.3) is 0 Å². The van der Waals surface area contributed by atoms with E-state index >= 15 is 0 Å². The van der Waals surface area contributed by atoms with Crippen LogP contribution in [-0.4, -0.2) is 19.0 Å². The van der Waals surface area contributed by atoms with E-state index in [1.165, 1.54) is 12.8 Å². The van der Waals surface area contributed by atoms with Crippen molar-refractivity contribution in [2.75, 3.05) is 6.54 Å². The lowest BCUT2D eigenvalue weighted by molar-refractivity contribution is -0.110. The van der Waals surface area contributed by atoms with Gasteiger partial charge in [-0.2, -0.15) is 0 Å². The number of amides is 1. The van der Waals surface area contributed by atoms with Crippen LogP contribution in [0, 0.1) is 5.92 Å². The van der Waals surface area contributed by atoms with Gasteiger partial charge in [0.1, 0.15) is 0 Å². The van der Waals surface area contributed by atoms with Gasteiger partial charge in [0.05, 0.1) is 0 Å². The van der Waals surface area contributed by atoms with Crippen molar-refractivity contribution in [2.45, 2.75) is 31.7 Å². The minimum Gasteiger partial charge on any atom is -0.356 e. The van der Waals surface area contributed by atoms with Gasteiger partial charge in [0.2, 0.25) is 6.41 Å². The zero-order valence-electron chi connectivity index (χ0n) is 6.75. The highest BCUT2D eigenvalue weighted by Gasteiger charge is 2.19. The number of rotatable bonds is 3. The molecule has 0 radical (unpaired) electrons. The van der Waals surface area contributed by atoms with Gasteiger partial charge in [0.15, 0.2) is 0 Å². The monoisotopic (exact) mass is 156 g/mol. The molecule has 2 atom stereocenters. The molecule has 1 aliphatic rings. The van der Waals surface area contributed by atoms with E-state index in [0.717, 1.165) is 25.8 Å². The summed E-state index contributed by atoms with van der Waals surface area (Å²) in [5.41, 5.74) is 5.55. The van der Waals surface area contributed by atoms with Crippen LogP contribution in [0.5, 0.6) is 0 Å². The smallest absolute Gasteiger partial charge is 0.207 e. The molecule has 1 fully saturated rings. The third kappa shape index (κ3) is 2.50. The Kier molecular flexibility index (Phi) is 3.36. The lowest BCUT2D eigenvalue weighted by atomic mass is 9.86. The van der Waals surface area contributed by atoms with Gasteiger partial charge in [-0.15, -0.1) is 0 Å². The average molecular weight is 156 g/mol. The van der Waals surface area contributed by atoms with Crippen LogP contribution in [0.4, 0.5) is 0 Å². The summed E-state index contributed by atoms with van der Waals surface area (Å²) in [6.45, 7) is 0.761. The second-order valence-electron chi connectivity index (χ2n) is 3.25. The van der Waals surface area contributed by atoms with Gasteiger partial charge >= 0.3 is 0 Å². The summed E-state index contributed by atoms with van der Waals surface area (Å²) in [6.07, 6.45) is 5.41. The zero-order valence-corrected chi connectivity index (χ0v) is 6.75. The molecule has 0 saturated heterocycles. The second-order valence-corrected chi connectivity index (χ2v) is 3.25. The number of carbonyl (C=O) groups excluding carboxylic acids is 1. The van der Waals surface area contributed by atoms with Crippen LogP contribution in [0.2, 0.25) is 0 Å². The van der Waals surface area contributed by atoms with Crippen LogP contribution in [0.3, 0.4) is 0 Å². The third-order valence-corrected chi connectivity index (χ3v) is 2.42. The predicted octanol–water partition coefficient (Wildman–Crippen LogP) is 0.250. The normalized spacial score (nSPS) is 31.4. The molecule has 0 aromatic rings. The Labute approximate surface area is 67.3 Å². The number of nitrogens with one attached hydrogen (secondary N) is 1. The molecule has 0 spiro atoms. The number of hydrogen-bond acceptors (Lipinski definition) is 2. The molecule has 0 aromatic heterocycles. The van der Waals surface area contributed by atoms with Gasteiger partial charge in [0, 0.05) is 6.04 Å². The van der Waals surface area contributed by atoms with Gasteiger partial charge in [0.25, 0.3) is 0 Å². The molecule has 0 aromatic carbocycles. The molecule has 1 saturated carbocycles. The van der Waals surface area contributed by atoms with Crippen molar-refractivity contribution in [2.24, 2.45) is 11.7 Å². The van der Waals surface area contributed by atoms with Crippen molar-refractivity contribution in [1.29, 1.82) is 0 Å². The maximum absolute atomic E-state index is 10.1. The highest BCUT2D eigenvalue weighted by atomic mass is 16.1. The van der Waals surface area contributed by atoms with E-state index in [1.54, 1.807) is 0 Å². The predicted molar refractivity (Wildman–Crippen MR) is 44.0 cm³/mol. The minimum absolute atomic E-state index is 0.384. The number of nitrogens with two attached hydrogens (primary N) is 1. The minimum atomic E-state index is 0.384. The Morgan fingerprint density at radius 3 is 3.00 bits per heavy atom. The van der Waals surface area contributed by atoms with E-state index in [1.807, 2.05) is 0 Å². The average Bonchev–Trinajstić information content (AvgIpc) is 2.06. The Bertz CT molecular complexity index is 127. The molecular weight excluding hydrogens is 140 g/mol.